The maximum atomic E-state index is 13.3. The van der Waals surface area contributed by atoms with Crippen LogP contribution in [-0.4, -0.2) is 67.7 Å². The molecule has 1 spiro atoms. The van der Waals surface area contributed by atoms with Crippen LogP contribution in [-0.2, 0) is 16.0 Å². The lowest BCUT2D eigenvalue weighted by atomic mass is 9.73. The molecular formula is C28H31N5O4. The Morgan fingerprint density at radius 2 is 1.89 bits per heavy atom. The zero-order valence-electron chi connectivity index (χ0n) is 20.9. The van der Waals surface area contributed by atoms with Crippen molar-refractivity contribution in [3.8, 4) is 5.75 Å². The smallest absolute Gasteiger partial charge is 0.342 e. The van der Waals surface area contributed by atoms with E-state index >= 15 is 0 Å². The summed E-state index contributed by atoms with van der Waals surface area (Å²) < 4.78 is 12.7. The molecule has 192 valence electrons. The van der Waals surface area contributed by atoms with Crippen LogP contribution >= 0.6 is 0 Å². The maximum absolute atomic E-state index is 13.3. The number of anilines is 2. The Kier molecular flexibility index (Phi) is 6.08. The molecule has 2 amide bonds. The van der Waals surface area contributed by atoms with Crippen molar-refractivity contribution in [2.24, 2.45) is 5.41 Å². The zero-order chi connectivity index (χ0) is 25.4. The summed E-state index contributed by atoms with van der Waals surface area (Å²) in [5.74, 6) is 0.396. The van der Waals surface area contributed by atoms with Crippen LogP contribution in [0.3, 0.4) is 0 Å². The fourth-order valence-electron chi connectivity index (χ4n) is 5.46. The summed E-state index contributed by atoms with van der Waals surface area (Å²) in [5, 5.41) is 6.98. The molecule has 3 aliphatic heterocycles. The topological polar surface area (TPSA) is 88.9 Å². The normalized spacial score (nSPS) is 20.6. The summed E-state index contributed by atoms with van der Waals surface area (Å²) in [6.07, 6.45) is 6.23. The number of fused-ring (bicyclic) bond motifs is 1. The molecule has 0 aliphatic carbocycles. The zero-order valence-corrected chi connectivity index (χ0v) is 20.9. The van der Waals surface area contributed by atoms with Crippen molar-refractivity contribution < 1.29 is 19.1 Å². The highest BCUT2D eigenvalue weighted by Crippen LogP contribution is 2.44. The SMILES string of the molecule is CN1C(=O)[C@H](NC(=O)n2cc(Cc3ccccc3)cn2)COc2ccc(N3CC4(CCOCC4)C3)cc21. The van der Waals surface area contributed by atoms with Crippen LogP contribution < -0.4 is 19.9 Å². The number of aromatic nitrogens is 2. The number of nitrogens with zero attached hydrogens (tertiary/aromatic N) is 4. The van der Waals surface area contributed by atoms with E-state index in [1.807, 2.05) is 48.5 Å². The highest BCUT2D eigenvalue weighted by Gasteiger charge is 2.44. The van der Waals surface area contributed by atoms with Gasteiger partial charge in [-0.3, -0.25) is 4.79 Å². The van der Waals surface area contributed by atoms with Crippen molar-refractivity contribution in [3.63, 3.8) is 0 Å². The fourth-order valence-corrected chi connectivity index (χ4v) is 5.46. The van der Waals surface area contributed by atoms with E-state index < -0.39 is 12.1 Å². The second kappa shape index (κ2) is 9.55. The average molecular weight is 502 g/mol. The van der Waals surface area contributed by atoms with Crippen LogP contribution in [0.5, 0.6) is 5.75 Å². The van der Waals surface area contributed by atoms with Crippen LogP contribution in [0.15, 0.2) is 60.9 Å². The number of hydrogen-bond acceptors (Lipinski definition) is 6. The van der Waals surface area contributed by atoms with Gasteiger partial charge in [0, 0.05) is 57.1 Å². The Labute approximate surface area is 215 Å². The van der Waals surface area contributed by atoms with Crippen molar-refractivity contribution in [3.05, 3.63) is 72.1 Å². The van der Waals surface area contributed by atoms with Gasteiger partial charge in [0.25, 0.3) is 5.91 Å². The number of hydrogen-bond donors (Lipinski definition) is 1. The monoisotopic (exact) mass is 501 g/mol. The second-order valence-corrected chi connectivity index (χ2v) is 10.3. The number of carbonyl (C=O) groups excluding carboxylic acids is 2. The number of likely N-dealkylation sites (N-methyl/N-ethyl adjacent to an activating group) is 1. The molecule has 0 saturated carbocycles. The molecular weight excluding hydrogens is 470 g/mol. The first-order valence-electron chi connectivity index (χ1n) is 12.8. The lowest BCUT2D eigenvalue weighted by Gasteiger charge is -2.53. The van der Waals surface area contributed by atoms with E-state index in [1.54, 1.807) is 24.3 Å². The highest BCUT2D eigenvalue weighted by atomic mass is 16.5. The van der Waals surface area contributed by atoms with E-state index in [1.165, 1.54) is 4.68 Å². The number of rotatable bonds is 4. The average Bonchev–Trinajstić information content (AvgIpc) is 3.34. The van der Waals surface area contributed by atoms with Crippen LogP contribution in [0.1, 0.15) is 24.0 Å². The summed E-state index contributed by atoms with van der Waals surface area (Å²) in [6.45, 7) is 3.73. The molecule has 3 aliphatic rings. The van der Waals surface area contributed by atoms with E-state index in [0.717, 1.165) is 56.0 Å². The lowest BCUT2D eigenvalue weighted by Crippen LogP contribution is -2.58. The number of carbonyl (C=O) groups is 2. The first-order chi connectivity index (χ1) is 18.0. The number of amides is 2. The Hall–Kier alpha value is -3.85. The minimum Gasteiger partial charge on any atom is -0.489 e. The van der Waals surface area contributed by atoms with Crippen LogP contribution in [0.4, 0.5) is 16.2 Å². The largest absolute Gasteiger partial charge is 0.489 e. The summed E-state index contributed by atoms with van der Waals surface area (Å²) in [7, 11) is 1.72. The van der Waals surface area contributed by atoms with Crippen LogP contribution in [0, 0.1) is 5.41 Å². The van der Waals surface area contributed by atoms with E-state index in [0.29, 0.717) is 23.3 Å². The lowest BCUT2D eigenvalue weighted by molar-refractivity contribution is -0.120. The van der Waals surface area contributed by atoms with Crippen molar-refractivity contribution in [1.82, 2.24) is 15.1 Å². The van der Waals surface area contributed by atoms with E-state index in [2.05, 4.69) is 15.3 Å². The Morgan fingerprint density at radius 1 is 1.11 bits per heavy atom. The maximum Gasteiger partial charge on any atom is 0.342 e. The molecule has 2 fully saturated rings. The molecule has 0 radical (unpaired) electrons. The van der Waals surface area contributed by atoms with Gasteiger partial charge in [-0.15, -0.1) is 0 Å². The molecule has 1 aromatic heterocycles. The predicted octanol–water partition coefficient (Wildman–Crippen LogP) is 3.07. The third-order valence-corrected chi connectivity index (χ3v) is 7.70. The first kappa shape index (κ1) is 23.5. The summed E-state index contributed by atoms with van der Waals surface area (Å²) >= 11 is 0. The standard InChI is InChI=1S/C28H31N5O4/c1-31-24-14-22(32-18-28(19-32)9-11-36-12-10-28)7-8-25(24)37-17-23(26(31)34)30-27(35)33-16-21(15-29-33)13-20-5-3-2-4-6-20/h2-8,14-16,23H,9-13,17-19H2,1H3,(H,30,35)/t23-/m1/s1. The second-order valence-electron chi connectivity index (χ2n) is 10.3. The van der Waals surface area contributed by atoms with E-state index in [9.17, 15) is 9.59 Å². The molecule has 1 N–H and O–H groups in total. The molecule has 9 nitrogen and oxygen atoms in total. The predicted molar refractivity (Wildman–Crippen MR) is 139 cm³/mol. The molecule has 4 heterocycles. The quantitative estimate of drug-likeness (QED) is 0.591. The summed E-state index contributed by atoms with van der Waals surface area (Å²) in [4.78, 5) is 30.1. The Bertz CT molecular complexity index is 1290. The highest BCUT2D eigenvalue weighted by molar-refractivity contribution is 6.01. The minimum absolute atomic E-state index is 0.0478. The molecule has 3 aromatic rings. The van der Waals surface area contributed by atoms with Gasteiger partial charge >= 0.3 is 6.03 Å². The summed E-state index contributed by atoms with van der Waals surface area (Å²) in [5.41, 5.74) is 4.18. The summed E-state index contributed by atoms with van der Waals surface area (Å²) in [6, 6.07) is 14.7. The molecule has 6 rings (SSSR count). The third kappa shape index (κ3) is 4.67. The van der Waals surface area contributed by atoms with E-state index in [-0.39, 0.29) is 12.5 Å². The van der Waals surface area contributed by atoms with Crippen molar-refractivity contribution in [1.29, 1.82) is 0 Å². The van der Waals surface area contributed by atoms with Gasteiger partial charge < -0.3 is 24.6 Å². The molecule has 2 saturated heterocycles. The fraction of sp³-hybridized carbons (Fsp3) is 0.393. The van der Waals surface area contributed by atoms with Crippen molar-refractivity contribution in [2.45, 2.75) is 25.3 Å². The van der Waals surface area contributed by atoms with Crippen LogP contribution in [0.2, 0.25) is 0 Å². The molecule has 9 heteroatoms. The van der Waals surface area contributed by atoms with Gasteiger partial charge in [0.2, 0.25) is 0 Å². The van der Waals surface area contributed by atoms with E-state index in [4.69, 9.17) is 9.47 Å². The number of ether oxygens (including phenoxy) is 2. The van der Waals surface area contributed by atoms with Crippen LogP contribution in [0.25, 0.3) is 0 Å². The van der Waals surface area contributed by atoms with Gasteiger partial charge in [-0.25, -0.2) is 4.79 Å². The Balaban J connectivity index is 1.11. The first-order valence-corrected chi connectivity index (χ1v) is 12.8. The van der Waals surface area contributed by atoms with Crippen molar-refractivity contribution in [2.75, 3.05) is 49.8 Å². The van der Waals surface area contributed by atoms with Gasteiger partial charge in [0.15, 0.2) is 0 Å². The van der Waals surface area contributed by atoms with Gasteiger partial charge in [0.1, 0.15) is 18.4 Å². The molecule has 0 unspecified atom stereocenters. The molecule has 37 heavy (non-hydrogen) atoms. The van der Waals surface area contributed by atoms with Gasteiger partial charge in [-0.2, -0.15) is 9.78 Å². The Morgan fingerprint density at radius 3 is 2.68 bits per heavy atom. The third-order valence-electron chi connectivity index (χ3n) is 7.70. The molecule has 2 aromatic carbocycles. The number of benzene rings is 2. The minimum atomic E-state index is -0.829. The number of nitrogens with one attached hydrogen (secondary N) is 1. The molecule has 1 atom stereocenters. The van der Waals surface area contributed by atoms with Gasteiger partial charge in [-0.05, 0) is 42.2 Å². The molecule has 0 bridgehead atoms. The van der Waals surface area contributed by atoms with Crippen molar-refractivity contribution >= 4 is 23.3 Å². The van der Waals surface area contributed by atoms with Gasteiger partial charge in [0.05, 0.1) is 11.9 Å². The van der Waals surface area contributed by atoms with Gasteiger partial charge in [-0.1, -0.05) is 30.3 Å².